The predicted molar refractivity (Wildman–Crippen MR) is 184 cm³/mol. The van der Waals surface area contributed by atoms with Gasteiger partial charge < -0.3 is 0 Å². The average Bonchev–Trinajstić information content (AvgIpc) is 3.08. The summed E-state index contributed by atoms with van der Waals surface area (Å²) in [5.74, 6) is 0. The molecule has 0 unspecified atom stereocenters. The molecular weight excluding hydrogens is 547 g/mol. The normalized spacial score (nSPS) is 11.9. The predicted octanol–water partition coefficient (Wildman–Crippen LogP) is 8.51. The van der Waals surface area contributed by atoms with Crippen LogP contribution >= 0.6 is 6.04 Å². The first-order chi connectivity index (χ1) is 20.7. The van der Waals surface area contributed by atoms with Crippen molar-refractivity contribution >= 4 is 77.1 Å². The van der Waals surface area contributed by atoms with E-state index in [1.807, 2.05) is 6.20 Å². The lowest BCUT2D eigenvalue weighted by Gasteiger charge is -2.24. The zero-order valence-corrected chi connectivity index (χ0v) is 24.4. The van der Waals surface area contributed by atoms with Gasteiger partial charge in [0.05, 0.1) is 16.7 Å². The van der Waals surface area contributed by atoms with Crippen LogP contribution in [0.5, 0.6) is 0 Å². The van der Waals surface area contributed by atoms with Crippen LogP contribution in [0.15, 0.2) is 152 Å². The van der Waals surface area contributed by atoms with Gasteiger partial charge in [-0.05, 0) is 39.5 Å². The highest BCUT2D eigenvalue weighted by Crippen LogP contribution is 2.44. The zero-order chi connectivity index (χ0) is 28.1. The summed E-state index contributed by atoms with van der Waals surface area (Å²) in [7, 11) is 0. The molecule has 0 amide bonds. The molecule has 8 aromatic rings. The lowest BCUT2D eigenvalue weighted by molar-refractivity contribution is 1.42. The van der Waals surface area contributed by atoms with Crippen LogP contribution in [-0.4, -0.2) is 9.97 Å². The maximum Gasteiger partial charge on any atom is 0.0788 e. The van der Waals surface area contributed by atoms with E-state index < -0.39 is 6.04 Å². The van der Waals surface area contributed by atoms with Gasteiger partial charge in [0.2, 0.25) is 0 Å². The Bertz CT molecular complexity index is 2270. The first kappa shape index (κ1) is 25.1. The van der Waals surface area contributed by atoms with Gasteiger partial charge in [0.25, 0.3) is 0 Å². The molecule has 8 rings (SSSR count). The van der Waals surface area contributed by atoms with Gasteiger partial charge in [-0.1, -0.05) is 139 Å². The van der Waals surface area contributed by atoms with Crippen molar-refractivity contribution in [2.24, 2.45) is 0 Å². The van der Waals surface area contributed by atoms with Crippen molar-refractivity contribution in [2.45, 2.75) is 0 Å². The van der Waals surface area contributed by atoms with E-state index in [-0.39, 0.29) is 0 Å². The number of hydrogen-bond donors (Lipinski definition) is 0. The first-order valence-corrected chi connectivity index (χ1v) is 16.8. The molecule has 0 aliphatic carbocycles. The summed E-state index contributed by atoms with van der Waals surface area (Å²) in [4.78, 5) is 10.1. The lowest BCUT2D eigenvalue weighted by atomic mass is 9.94. The zero-order valence-electron chi connectivity index (χ0n) is 22.7. The second kappa shape index (κ2) is 9.99. The number of aromatic nitrogens is 2. The average molecular weight is 573 g/mol. The fourth-order valence-corrected chi connectivity index (χ4v) is 9.90. The summed E-state index contributed by atoms with van der Waals surface area (Å²) in [6.45, 7) is 0. The van der Waals surface area contributed by atoms with Gasteiger partial charge in [-0.15, -0.1) is 0 Å². The second-order valence-electron chi connectivity index (χ2n) is 10.5. The van der Waals surface area contributed by atoms with Crippen molar-refractivity contribution in [3.05, 3.63) is 152 Å². The van der Waals surface area contributed by atoms with Gasteiger partial charge in [-0.2, -0.15) is 0 Å². The molecule has 2 heterocycles. The van der Waals surface area contributed by atoms with Crippen LogP contribution in [0.4, 0.5) is 0 Å². The Labute approximate surface area is 249 Å². The number of fused-ring (bicyclic) bond motifs is 7. The molecule has 0 aliphatic rings. The maximum atomic E-state index is 6.59. The molecule has 0 radical (unpaired) electrons. The molecule has 0 saturated heterocycles. The number of hydrogen-bond acceptors (Lipinski definition) is 3. The van der Waals surface area contributed by atoms with E-state index in [1.54, 1.807) is 0 Å². The standard InChI is InChI=1S/C38H25N2PS/c42-41(28-12-3-1-4-13-28,29-14-5-2-6-15-29)30-21-19-26(20-22-30)38-33-23-24-35-37(31-16-8-7-11-27(31)25-39-35)36(33)32-17-9-10-18-34(32)40-38/h1-25H. The second-order valence-corrected chi connectivity index (χ2v) is 14.9. The van der Waals surface area contributed by atoms with Crippen molar-refractivity contribution in [1.82, 2.24) is 9.97 Å². The van der Waals surface area contributed by atoms with Gasteiger partial charge in [-0.3, -0.25) is 4.98 Å². The van der Waals surface area contributed by atoms with Crippen LogP contribution in [0, 0.1) is 0 Å². The van der Waals surface area contributed by atoms with E-state index in [0.717, 1.165) is 38.4 Å². The van der Waals surface area contributed by atoms with Crippen LogP contribution in [0.1, 0.15) is 0 Å². The van der Waals surface area contributed by atoms with Gasteiger partial charge in [-0.25, -0.2) is 4.98 Å². The highest BCUT2D eigenvalue weighted by molar-refractivity contribution is 8.25. The fraction of sp³-hybridized carbons (Fsp3) is 0. The van der Waals surface area contributed by atoms with E-state index >= 15 is 0 Å². The smallest absolute Gasteiger partial charge is 0.0788 e. The van der Waals surface area contributed by atoms with Gasteiger partial charge in [0, 0.05) is 44.7 Å². The molecule has 0 spiro atoms. The fourth-order valence-electron chi connectivity index (χ4n) is 6.16. The van der Waals surface area contributed by atoms with Gasteiger partial charge in [0.15, 0.2) is 0 Å². The maximum absolute atomic E-state index is 6.59. The Morgan fingerprint density at radius 3 is 1.76 bits per heavy atom. The topological polar surface area (TPSA) is 25.8 Å². The molecule has 42 heavy (non-hydrogen) atoms. The monoisotopic (exact) mass is 572 g/mol. The molecule has 0 aliphatic heterocycles. The minimum absolute atomic E-state index is 0.970. The van der Waals surface area contributed by atoms with Crippen LogP contribution in [0.2, 0.25) is 0 Å². The molecule has 198 valence electrons. The van der Waals surface area contributed by atoms with Crippen molar-refractivity contribution in [3.8, 4) is 11.3 Å². The number of benzene rings is 6. The molecule has 0 bridgehead atoms. The summed E-state index contributed by atoms with van der Waals surface area (Å²) >= 11 is 6.59. The molecule has 4 heteroatoms. The van der Waals surface area contributed by atoms with E-state index in [4.69, 9.17) is 21.8 Å². The van der Waals surface area contributed by atoms with Gasteiger partial charge in [0.1, 0.15) is 0 Å². The first-order valence-electron chi connectivity index (χ1n) is 14.0. The van der Waals surface area contributed by atoms with E-state index in [1.165, 1.54) is 32.1 Å². The summed E-state index contributed by atoms with van der Waals surface area (Å²) in [5, 5.41) is 10.5. The highest BCUT2D eigenvalue weighted by atomic mass is 32.4. The minimum Gasteiger partial charge on any atom is -0.256 e. The Morgan fingerprint density at radius 2 is 1.05 bits per heavy atom. The van der Waals surface area contributed by atoms with E-state index in [9.17, 15) is 0 Å². The summed E-state index contributed by atoms with van der Waals surface area (Å²) in [5.41, 5.74) is 4.01. The molecule has 0 atom stereocenters. The molecule has 0 fully saturated rings. The largest absolute Gasteiger partial charge is 0.256 e. The SMILES string of the molecule is S=P(c1ccccc1)(c1ccccc1)c1ccc(-c2nc3ccccc3c3c2ccc2ncc4ccccc4c23)cc1. The number of rotatable bonds is 4. The quantitative estimate of drug-likeness (QED) is 0.156. The number of nitrogens with zero attached hydrogens (tertiary/aromatic N) is 2. The molecular formula is C38H25N2PS. The van der Waals surface area contributed by atoms with Crippen LogP contribution < -0.4 is 15.9 Å². The molecule has 0 N–H and O–H groups in total. The Kier molecular flexibility index (Phi) is 5.96. The summed E-state index contributed by atoms with van der Waals surface area (Å²) in [6.07, 6.45) is 1.97. The van der Waals surface area contributed by atoms with E-state index in [2.05, 4.69) is 146 Å². The third kappa shape index (κ3) is 3.89. The molecule has 0 saturated carbocycles. The third-order valence-electron chi connectivity index (χ3n) is 8.16. The summed E-state index contributed by atoms with van der Waals surface area (Å²) < 4.78 is 0. The molecule has 2 aromatic heterocycles. The van der Waals surface area contributed by atoms with Crippen LogP contribution in [-0.2, 0) is 11.8 Å². The molecule has 6 aromatic carbocycles. The Balaban J connectivity index is 1.38. The molecule has 2 nitrogen and oxygen atoms in total. The van der Waals surface area contributed by atoms with Gasteiger partial charge >= 0.3 is 0 Å². The third-order valence-corrected chi connectivity index (χ3v) is 13.1. The van der Waals surface area contributed by atoms with Crippen LogP contribution in [0.3, 0.4) is 0 Å². The summed E-state index contributed by atoms with van der Waals surface area (Å²) in [6, 6.07) is 49.0. The number of para-hydroxylation sites is 1. The minimum atomic E-state index is -2.23. The Morgan fingerprint density at radius 1 is 0.452 bits per heavy atom. The number of pyridine rings is 2. The van der Waals surface area contributed by atoms with E-state index in [0.29, 0.717) is 0 Å². The van der Waals surface area contributed by atoms with Crippen molar-refractivity contribution in [2.75, 3.05) is 0 Å². The highest BCUT2D eigenvalue weighted by Gasteiger charge is 2.25. The van der Waals surface area contributed by atoms with Crippen molar-refractivity contribution < 1.29 is 0 Å². The Hall–Kier alpha value is -4.69. The van der Waals surface area contributed by atoms with Crippen molar-refractivity contribution in [3.63, 3.8) is 0 Å². The lowest BCUT2D eigenvalue weighted by Crippen LogP contribution is -2.24. The van der Waals surface area contributed by atoms with Crippen molar-refractivity contribution in [1.29, 1.82) is 0 Å². The van der Waals surface area contributed by atoms with Crippen LogP contribution in [0.25, 0.3) is 54.6 Å².